The summed E-state index contributed by atoms with van der Waals surface area (Å²) in [6, 6.07) is 13.7. The Morgan fingerprint density at radius 2 is 1.97 bits per heavy atom. The minimum absolute atomic E-state index is 0.0925. The molecule has 2 aromatic carbocycles. The molecule has 0 aliphatic rings. The number of amides is 1. The van der Waals surface area contributed by atoms with Gasteiger partial charge in [-0.2, -0.15) is 0 Å². The number of hydrogen-bond donors (Lipinski definition) is 1. The summed E-state index contributed by atoms with van der Waals surface area (Å²) in [5.41, 5.74) is 3.05. The standard InChI is InChI=1S/C26H32N4O3S/c1-6-14-30-24(16-33-22-13-12-19(5)15-23(22)32-7-2)28-29-26(30)34-17-25(31)27-21-11-9-8-10-20(21)18(3)4/h6,8-13,15,18H,1,7,14,16-17H2,2-5H3,(H,27,31). The number of aromatic nitrogens is 3. The van der Waals surface area contributed by atoms with E-state index in [0.717, 1.165) is 16.8 Å². The average Bonchev–Trinajstić information content (AvgIpc) is 3.19. The van der Waals surface area contributed by atoms with Gasteiger partial charge in [0.15, 0.2) is 22.5 Å². The first-order chi connectivity index (χ1) is 16.4. The lowest BCUT2D eigenvalue weighted by Crippen LogP contribution is -2.16. The second-order valence-electron chi connectivity index (χ2n) is 8.05. The van der Waals surface area contributed by atoms with E-state index < -0.39 is 0 Å². The second kappa shape index (κ2) is 12.3. The minimum atomic E-state index is -0.0925. The van der Waals surface area contributed by atoms with Crippen LogP contribution in [0.3, 0.4) is 0 Å². The van der Waals surface area contributed by atoms with E-state index in [2.05, 4.69) is 35.9 Å². The van der Waals surface area contributed by atoms with Gasteiger partial charge in [0.1, 0.15) is 6.61 Å². The van der Waals surface area contributed by atoms with Crippen LogP contribution in [-0.2, 0) is 17.9 Å². The molecule has 3 rings (SSSR count). The van der Waals surface area contributed by atoms with Gasteiger partial charge >= 0.3 is 0 Å². The normalized spacial score (nSPS) is 10.9. The van der Waals surface area contributed by atoms with Gasteiger partial charge < -0.3 is 14.8 Å². The number of para-hydroxylation sites is 1. The van der Waals surface area contributed by atoms with Crippen LogP contribution in [0.2, 0.25) is 0 Å². The Bertz CT molecular complexity index is 1130. The fourth-order valence-electron chi connectivity index (χ4n) is 3.42. The van der Waals surface area contributed by atoms with Crippen molar-refractivity contribution in [2.75, 3.05) is 17.7 Å². The molecule has 0 bridgehead atoms. The number of nitrogens with zero attached hydrogens (tertiary/aromatic N) is 3. The first-order valence-corrected chi connectivity index (χ1v) is 12.3. The molecule has 1 aromatic heterocycles. The molecule has 34 heavy (non-hydrogen) atoms. The van der Waals surface area contributed by atoms with E-state index in [-0.39, 0.29) is 18.3 Å². The zero-order valence-corrected chi connectivity index (χ0v) is 21.0. The summed E-state index contributed by atoms with van der Waals surface area (Å²) in [4.78, 5) is 12.6. The molecule has 0 saturated carbocycles. The van der Waals surface area contributed by atoms with E-state index >= 15 is 0 Å². The number of ether oxygens (including phenoxy) is 2. The van der Waals surface area contributed by atoms with Crippen LogP contribution in [0.1, 0.15) is 43.6 Å². The minimum Gasteiger partial charge on any atom is -0.490 e. The maximum Gasteiger partial charge on any atom is 0.234 e. The Kier molecular flexibility index (Phi) is 9.16. The van der Waals surface area contributed by atoms with Gasteiger partial charge in [-0.05, 0) is 49.1 Å². The molecule has 0 fully saturated rings. The van der Waals surface area contributed by atoms with E-state index in [4.69, 9.17) is 9.47 Å². The molecule has 0 unspecified atom stereocenters. The molecule has 0 aliphatic heterocycles. The van der Waals surface area contributed by atoms with Gasteiger partial charge in [0, 0.05) is 12.2 Å². The van der Waals surface area contributed by atoms with E-state index in [1.54, 1.807) is 6.08 Å². The molecule has 1 N–H and O–H groups in total. The Morgan fingerprint density at radius 1 is 1.18 bits per heavy atom. The van der Waals surface area contributed by atoms with Crippen molar-refractivity contribution < 1.29 is 14.3 Å². The highest BCUT2D eigenvalue weighted by Crippen LogP contribution is 2.29. The topological polar surface area (TPSA) is 78.3 Å². The van der Waals surface area contributed by atoms with Gasteiger partial charge in [-0.1, -0.05) is 56.0 Å². The largest absolute Gasteiger partial charge is 0.490 e. The number of hydrogen-bond acceptors (Lipinski definition) is 6. The number of anilines is 1. The summed E-state index contributed by atoms with van der Waals surface area (Å²) in [5, 5.41) is 12.2. The SMILES string of the molecule is C=CCn1c(COc2ccc(C)cc2OCC)nnc1SCC(=O)Nc1ccccc1C(C)C. The lowest BCUT2D eigenvalue weighted by molar-refractivity contribution is -0.113. The first kappa shape index (κ1) is 25.4. The Labute approximate surface area is 205 Å². The third-order valence-corrected chi connectivity index (χ3v) is 6.02. The molecule has 0 aliphatic carbocycles. The highest BCUT2D eigenvalue weighted by atomic mass is 32.2. The van der Waals surface area contributed by atoms with Crippen LogP contribution in [0.5, 0.6) is 11.5 Å². The number of allylic oxidation sites excluding steroid dienone is 1. The Balaban J connectivity index is 1.66. The number of aryl methyl sites for hydroxylation is 1. The first-order valence-electron chi connectivity index (χ1n) is 11.3. The van der Waals surface area contributed by atoms with Crippen molar-refractivity contribution in [1.82, 2.24) is 14.8 Å². The molecule has 0 atom stereocenters. The van der Waals surface area contributed by atoms with Crippen molar-refractivity contribution >= 4 is 23.4 Å². The van der Waals surface area contributed by atoms with Crippen molar-refractivity contribution in [2.24, 2.45) is 0 Å². The average molecular weight is 481 g/mol. The summed E-state index contributed by atoms with van der Waals surface area (Å²) in [6.45, 7) is 13.3. The summed E-state index contributed by atoms with van der Waals surface area (Å²) < 4.78 is 13.6. The molecular weight excluding hydrogens is 448 g/mol. The number of carbonyl (C=O) groups is 1. The summed E-state index contributed by atoms with van der Waals surface area (Å²) in [5.74, 6) is 2.44. The predicted octanol–water partition coefficient (Wildman–Crippen LogP) is 5.60. The number of nitrogens with one attached hydrogen (secondary N) is 1. The predicted molar refractivity (Wildman–Crippen MR) is 137 cm³/mol. The van der Waals surface area contributed by atoms with Crippen molar-refractivity contribution in [3.63, 3.8) is 0 Å². The summed E-state index contributed by atoms with van der Waals surface area (Å²) >= 11 is 1.33. The Hall–Kier alpha value is -3.26. The fraction of sp³-hybridized carbons (Fsp3) is 0.346. The van der Waals surface area contributed by atoms with Crippen molar-refractivity contribution in [3.05, 3.63) is 72.1 Å². The van der Waals surface area contributed by atoms with Gasteiger partial charge in [-0.25, -0.2) is 0 Å². The van der Waals surface area contributed by atoms with Crippen molar-refractivity contribution in [2.45, 2.75) is 51.9 Å². The second-order valence-corrected chi connectivity index (χ2v) is 8.99. The van der Waals surface area contributed by atoms with Gasteiger partial charge in [0.25, 0.3) is 0 Å². The zero-order chi connectivity index (χ0) is 24.5. The van der Waals surface area contributed by atoms with Crippen LogP contribution >= 0.6 is 11.8 Å². The number of benzene rings is 2. The quantitative estimate of drug-likeness (QED) is 0.268. The molecule has 180 valence electrons. The molecule has 0 saturated heterocycles. The van der Waals surface area contributed by atoms with Crippen LogP contribution in [0, 0.1) is 6.92 Å². The van der Waals surface area contributed by atoms with E-state index in [9.17, 15) is 4.79 Å². The molecule has 7 nitrogen and oxygen atoms in total. The van der Waals surface area contributed by atoms with Crippen LogP contribution in [0.4, 0.5) is 5.69 Å². The molecule has 1 amide bonds. The maximum absolute atomic E-state index is 12.6. The van der Waals surface area contributed by atoms with Crippen LogP contribution < -0.4 is 14.8 Å². The van der Waals surface area contributed by atoms with Gasteiger partial charge in [-0.15, -0.1) is 16.8 Å². The van der Waals surface area contributed by atoms with Crippen molar-refractivity contribution in [3.8, 4) is 11.5 Å². The monoisotopic (exact) mass is 480 g/mol. The fourth-order valence-corrected chi connectivity index (χ4v) is 4.19. The van der Waals surface area contributed by atoms with Crippen molar-refractivity contribution in [1.29, 1.82) is 0 Å². The number of carbonyl (C=O) groups excluding carboxylic acids is 1. The molecular formula is C26H32N4O3S. The van der Waals surface area contributed by atoms with E-state index in [1.165, 1.54) is 11.8 Å². The summed E-state index contributed by atoms with van der Waals surface area (Å²) in [6.07, 6.45) is 1.77. The third-order valence-electron chi connectivity index (χ3n) is 5.05. The zero-order valence-electron chi connectivity index (χ0n) is 20.2. The van der Waals surface area contributed by atoms with Gasteiger partial charge in [0.2, 0.25) is 5.91 Å². The molecule has 8 heteroatoms. The number of rotatable bonds is 12. The Morgan fingerprint density at radius 3 is 2.71 bits per heavy atom. The van der Waals surface area contributed by atoms with E-state index in [1.807, 2.05) is 60.9 Å². The highest BCUT2D eigenvalue weighted by Gasteiger charge is 2.16. The summed E-state index contributed by atoms with van der Waals surface area (Å²) in [7, 11) is 0. The van der Waals surface area contributed by atoms with E-state index in [0.29, 0.717) is 41.5 Å². The lowest BCUT2D eigenvalue weighted by atomic mass is 10.0. The highest BCUT2D eigenvalue weighted by molar-refractivity contribution is 7.99. The molecule has 3 aromatic rings. The molecule has 0 spiro atoms. The molecule has 1 heterocycles. The van der Waals surface area contributed by atoms with Gasteiger partial charge in [0.05, 0.1) is 12.4 Å². The smallest absolute Gasteiger partial charge is 0.234 e. The molecule has 0 radical (unpaired) electrons. The number of thioether (sulfide) groups is 1. The van der Waals surface area contributed by atoms with Crippen LogP contribution in [0.25, 0.3) is 0 Å². The van der Waals surface area contributed by atoms with Gasteiger partial charge in [-0.3, -0.25) is 9.36 Å². The van der Waals surface area contributed by atoms with Crippen LogP contribution in [0.15, 0.2) is 60.3 Å². The lowest BCUT2D eigenvalue weighted by Gasteiger charge is -2.14. The maximum atomic E-state index is 12.6. The van der Waals surface area contributed by atoms with Crippen LogP contribution in [-0.4, -0.2) is 33.0 Å². The third kappa shape index (κ3) is 6.63.